The Kier molecular flexibility index (Phi) is 5.02. The first kappa shape index (κ1) is 20.7. The molecule has 1 aromatic heterocycles. The second-order valence-electron chi connectivity index (χ2n) is 6.80. The highest BCUT2D eigenvalue weighted by atomic mass is 35.5. The number of carbonyl (C=O) groups is 4. The Morgan fingerprint density at radius 2 is 2.07 bits per heavy atom. The van der Waals surface area contributed by atoms with Crippen LogP contribution in [0.1, 0.15) is 18.5 Å². The summed E-state index contributed by atoms with van der Waals surface area (Å²) in [6, 6.07) is -0.971. The molecular formula is C15H14ClN5O7S2. The predicted molar refractivity (Wildman–Crippen MR) is 105 cm³/mol. The van der Waals surface area contributed by atoms with Crippen LogP contribution in [0.25, 0.3) is 0 Å². The van der Waals surface area contributed by atoms with Gasteiger partial charge in [-0.15, -0.1) is 11.8 Å². The van der Waals surface area contributed by atoms with Crippen LogP contribution in [0.3, 0.4) is 0 Å². The third-order valence-electron chi connectivity index (χ3n) is 4.82. The molecule has 30 heavy (non-hydrogen) atoms. The fourth-order valence-corrected chi connectivity index (χ4v) is 5.29. The van der Waals surface area contributed by atoms with Gasteiger partial charge in [-0.05, 0) is 0 Å². The standard InChI is InChI=1S/C15H14ClN5O7S2/c16-8-5(19-14(17)30-8)6(20-28-15(1-2-15)13(26)27)9(22)18-7-10(23)21-3-4(12(24)25)29-11(7)21/h4,7,11H,1-3H2,(H2,17,19)(H,18,22)(H,24,25)(H,26,27)/b20-6-/t4-,7-,11?/m1/s1. The molecule has 1 aromatic rings. The molecule has 15 heteroatoms. The van der Waals surface area contributed by atoms with Gasteiger partial charge in [0.15, 0.2) is 10.8 Å². The van der Waals surface area contributed by atoms with Crippen molar-refractivity contribution < 1.29 is 34.2 Å². The molecule has 5 N–H and O–H groups in total. The molecule has 1 saturated carbocycles. The normalized spacial score (nSPS) is 26.6. The molecular weight excluding hydrogens is 462 g/mol. The quantitative estimate of drug-likeness (QED) is 0.229. The van der Waals surface area contributed by atoms with Gasteiger partial charge in [0.2, 0.25) is 11.5 Å². The van der Waals surface area contributed by atoms with Crippen LogP contribution in [0.5, 0.6) is 0 Å². The maximum Gasteiger partial charge on any atom is 0.350 e. The number of carbonyl (C=O) groups excluding carboxylic acids is 2. The van der Waals surface area contributed by atoms with E-state index in [1.165, 1.54) is 4.90 Å². The number of hydrogen-bond acceptors (Lipinski definition) is 10. The Bertz CT molecular complexity index is 994. The first-order chi connectivity index (χ1) is 14.1. The number of fused-ring (bicyclic) bond motifs is 1. The second kappa shape index (κ2) is 7.28. The van der Waals surface area contributed by atoms with Crippen LogP contribution >= 0.6 is 34.7 Å². The fourth-order valence-electron chi connectivity index (χ4n) is 2.98. The number of halogens is 1. The first-order valence-corrected chi connectivity index (χ1v) is 10.7. The lowest BCUT2D eigenvalue weighted by atomic mass is 10.1. The summed E-state index contributed by atoms with van der Waals surface area (Å²) < 4.78 is 0.0351. The highest BCUT2D eigenvalue weighted by molar-refractivity contribution is 8.01. The summed E-state index contributed by atoms with van der Waals surface area (Å²) in [6.45, 7) is 0.0511. The van der Waals surface area contributed by atoms with Gasteiger partial charge in [-0.1, -0.05) is 28.1 Å². The molecule has 0 aromatic carbocycles. The Labute approximate surface area is 181 Å². The SMILES string of the molecule is Nc1nc(/C(=N/OC2(C(=O)O)CC2)C(=O)N[C@@H]2C(=O)N3C[C@H](C(=O)O)SC23)c(Cl)s1. The van der Waals surface area contributed by atoms with E-state index in [9.17, 15) is 24.3 Å². The summed E-state index contributed by atoms with van der Waals surface area (Å²) in [5.74, 6) is -3.57. The van der Waals surface area contributed by atoms with Crippen molar-refractivity contribution >= 4 is 69.3 Å². The number of hydrogen-bond donors (Lipinski definition) is 4. The van der Waals surface area contributed by atoms with E-state index in [4.69, 9.17) is 27.3 Å². The summed E-state index contributed by atoms with van der Waals surface area (Å²) in [7, 11) is 0. The number of nitrogens with two attached hydrogens (primary N) is 1. The number of carboxylic acids is 2. The van der Waals surface area contributed by atoms with E-state index >= 15 is 0 Å². The molecule has 3 heterocycles. The van der Waals surface area contributed by atoms with Crippen LogP contribution in [0.15, 0.2) is 5.16 Å². The van der Waals surface area contributed by atoms with Crippen molar-refractivity contribution in [3.63, 3.8) is 0 Å². The third-order valence-corrected chi connectivity index (χ3v) is 7.39. The summed E-state index contributed by atoms with van der Waals surface area (Å²) >= 11 is 8.00. The average Bonchev–Trinajstić information content (AvgIpc) is 3.26. The van der Waals surface area contributed by atoms with E-state index in [2.05, 4.69) is 15.5 Å². The smallest absolute Gasteiger partial charge is 0.350 e. The number of β-lactam (4-membered cyclic amide) rings is 1. The van der Waals surface area contributed by atoms with Gasteiger partial charge in [0.1, 0.15) is 26.7 Å². The zero-order chi connectivity index (χ0) is 21.8. The molecule has 3 fully saturated rings. The summed E-state index contributed by atoms with van der Waals surface area (Å²) in [6.07, 6.45) is 0.443. The lowest BCUT2D eigenvalue weighted by Gasteiger charge is -2.41. The van der Waals surface area contributed by atoms with Crippen molar-refractivity contribution in [2.24, 2.45) is 5.16 Å². The largest absolute Gasteiger partial charge is 0.480 e. The number of oxime groups is 1. The number of carboxylic acid groups (broad SMARTS) is 2. The van der Waals surface area contributed by atoms with E-state index in [1.54, 1.807) is 0 Å². The minimum Gasteiger partial charge on any atom is -0.480 e. The van der Waals surface area contributed by atoms with Gasteiger partial charge in [0.25, 0.3) is 5.91 Å². The molecule has 12 nitrogen and oxygen atoms in total. The number of nitrogens with one attached hydrogen (secondary N) is 1. The second-order valence-corrected chi connectivity index (χ2v) is 9.76. The molecule has 0 spiro atoms. The highest BCUT2D eigenvalue weighted by Crippen LogP contribution is 2.41. The van der Waals surface area contributed by atoms with Crippen LogP contribution < -0.4 is 11.1 Å². The number of anilines is 1. The number of aromatic nitrogens is 1. The maximum atomic E-state index is 12.9. The molecule has 4 rings (SSSR count). The van der Waals surface area contributed by atoms with Gasteiger partial charge < -0.3 is 31.0 Å². The summed E-state index contributed by atoms with van der Waals surface area (Å²) in [5.41, 5.74) is 3.57. The number of nitrogen functional groups attached to an aromatic ring is 1. The molecule has 1 aliphatic carbocycles. The van der Waals surface area contributed by atoms with Crippen LogP contribution in [0.2, 0.25) is 4.34 Å². The summed E-state index contributed by atoms with van der Waals surface area (Å²) in [5, 5.41) is 23.3. The zero-order valence-corrected chi connectivity index (χ0v) is 17.3. The molecule has 3 aliphatic rings. The molecule has 0 radical (unpaired) electrons. The van der Waals surface area contributed by atoms with Crippen molar-refractivity contribution in [2.75, 3.05) is 12.3 Å². The van der Waals surface area contributed by atoms with Gasteiger partial charge in [-0.25, -0.2) is 9.78 Å². The number of nitrogens with zero attached hydrogens (tertiary/aromatic N) is 3. The topological polar surface area (TPSA) is 185 Å². The first-order valence-electron chi connectivity index (χ1n) is 8.54. The zero-order valence-electron chi connectivity index (χ0n) is 14.9. The molecule has 1 unspecified atom stereocenters. The Morgan fingerprint density at radius 3 is 2.60 bits per heavy atom. The minimum absolute atomic E-state index is 0.0351. The molecule has 2 saturated heterocycles. The number of thioether (sulfide) groups is 1. The Morgan fingerprint density at radius 1 is 1.37 bits per heavy atom. The molecule has 2 aliphatic heterocycles. The van der Waals surface area contributed by atoms with Gasteiger partial charge in [0, 0.05) is 19.4 Å². The van der Waals surface area contributed by atoms with Crippen LogP contribution in [-0.2, 0) is 24.0 Å². The Hall–Kier alpha value is -2.58. The van der Waals surface area contributed by atoms with Gasteiger partial charge in [-0.3, -0.25) is 14.4 Å². The number of amides is 2. The number of rotatable bonds is 7. The molecule has 160 valence electrons. The van der Waals surface area contributed by atoms with Gasteiger partial charge >= 0.3 is 11.9 Å². The van der Waals surface area contributed by atoms with Crippen molar-refractivity contribution in [3.8, 4) is 0 Å². The fraction of sp³-hybridized carbons (Fsp3) is 0.467. The monoisotopic (exact) mass is 475 g/mol. The lowest BCUT2D eigenvalue weighted by molar-refractivity contribution is -0.153. The van der Waals surface area contributed by atoms with Crippen LogP contribution in [0, 0.1) is 0 Å². The van der Waals surface area contributed by atoms with E-state index in [-0.39, 0.29) is 34.5 Å². The van der Waals surface area contributed by atoms with Crippen LogP contribution in [0.4, 0.5) is 5.13 Å². The van der Waals surface area contributed by atoms with Crippen molar-refractivity contribution in [1.82, 2.24) is 15.2 Å². The van der Waals surface area contributed by atoms with Gasteiger partial charge in [0.05, 0.1) is 0 Å². The van der Waals surface area contributed by atoms with Crippen molar-refractivity contribution in [2.45, 2.75) is 35.1 Å². The van der Waals surface area contributed by atoms with Crippen molar-refractivity contribution in [1.29, 1.82) is 0 Å². The highest BCUT2D eigenvalue weighted by Gasteiger charge is 2.56. The maximum absolute atomic E-state index is 12.9. The van der Waals surface area contributed by atoms with E-state index < -0.39 is 51.7 Å². The summed E-state index contributed by atoms with van der Waals surface area (Å²) in [4.78, 5) is 58.0. The average molecular weight is 476 g/mol. The van der Waals surface area contributed by atoms with E-state index in [1.807, 2.05) is 0 Å². The Balaban J connectivity index is 1.55. The van der Waals surface area contributed by atoms with E-state index in [0.717, 1.165) is 23.1 Å². The molecule has 3 atom stereocenters. The van der Waals surface area contributed by atoms with E-state index in [0.29, 0.717) is 0 Å². The predicted octanol–water partition coefficient (Wildman–Crippen LogP) is -0.430. The van der Waals surface area contributed by atoms with Crippen LogP contribution in [-0.4, -0.2) is 78.4 Å². The van der Waals surface area contributed by atoms with Gasteiger partial charge in [-0.2, -0.15) is 0 Å². The number of thiazole rings is 1. The molecule has 2 amide bonds. The lowest BCUT2D eigenvalue weighted by Crippen LogP contribution is -2.67. The minimum atomic E-state index is -1.52. The number of aliphatic carboxylic acids is 2. The third kappa shape index (κ3) is 3.44. The van der Waals surface area contributed by atoms with Crippen molar-refractivity contribution in [3.05, 3.63) is 10.0 Å². The molecule has 0 bridgehead atoms.